The van der Waals surface area contributed by atoms with E-state index in [1.165, 1.54) is 16.4 Å². The van der Waals surface area contributed by atoms with E-state index in [1.54, 1.807) is 12.1 Å². The Morgan fingerprint density at radius 3 is 2.52 bits per heavy atom. The van der Waals surface area contributed by atoms with Crippen molar-refractivity contribution in [1.29, 1.82) is 0 Å². The minimum absolute atomic E-state index is 0.160. The fraction of sp³-hybridized carbons (Fsp3) is 0.350. The van der Waals surface area contributed by atoms with Crippen LogP contribution in [-0.4, -0.2) is 44.9 Å². The fourth-order valence-electron chi connectivity index (χ4n) is 2.95. The number of ether oxygens (including phenoxy) is 1. The lowest BCUT2D eigenvalue weighted by Gasteiger charge is -2.16. The highest BCUT2D eigenvalue weighted by molar-refractivity contribution is 7.89. The van der Waals surface area contributed by atoms with Gasteiger partial charge in [0.15, 0.2) is 0 Å². The number of nitrogens with one attached hydrogen (secondary N) is 1. The van der Waals surface area contributed by atoms with Gasteiger partial charge in [-0.15, -0.1) is 0 Å². The number of benzene rings is 2. The zero-order valence-corrected chi connectivity index (χ0v) is 16.2. The molecule has 0 radical (unpaired) electrons. The first kappa shape index (κ1) is 19.4. The number of nitrogens with zero attached hydrogens (tertiary/aromatic N) is 1. The molecule has 0 aliphatic carbocycles. The van der Waals surface area contributed by atoms with Gasteiger partial charge in [0.25, 0.3) is 5.91 Å². The zero-order chi connectivity index (χ0) is 19.3. The van der Waals surface area contributed by atoms with Crippen LogP contribution in [0.4, 0.5) is 0 Å². The summed E-state index contributed by atoms with van der Waals surface area (Å²) >= 11 is 0. The molecule has 0 saturated carbocycles. The van der Waals surface area contributed by atoms with Gasteiger partial charge in [-0.2, -0.15) is 4.31 Å². The maximum absolute atomic E-state index is 12.6. The summed E-state index contributed by atoms with van der Waals surface area (Å²) in [6.45, 7) is 3.74. The molecule has 1 saturated heterocycles. The Morgan fingerprint density at radius 2 is 1.81 bits per heavy atom. The van der Waals surface area contributed by atoms with Crippen LogP contribution in [0.25, 0.3) is 0 Å². The molecule has 1 N–H and O–H groups in total. The quantitative estimate of drug-likeness (QED) is 0.740. The summed E-state index contributed by atoms with van der Waals surface area (Å²) in [5, 5.41) is 2.76. The summed E-state index contributed by atoms with van der Waals surface area (Å²) in [5.41, 5.74) is 1.48. The monoisotopic (exact) mass is 388 g/mol. The molecule has 2 aromatic rings. The summed E-state index contributed by atoms with van der Waals surface area (Å²) in [4.78, 5) is 12.5. The van der Waals surface area contributed by atoms with Crippen molar-refractivity contribution < 1.29 is 17.9 Å². The maximum atomic E-state index is 12.6. The number of amides is 1. The third-order valence-electron chi connectivity index (χ3n) is 4.48. The molecule has 6 nitrogen and oxygen atoms in total. The molecule has 7 heteroatoms. The van der Waals surface area contributed by atoms with Crippen molar-refractivity contribution in [3.05, 3.63) is 59.7 Å². The highest BCUT2D eigenvalue weighted by Gasteiger charge is 2.27. The number of carbonyl (C=O) groups excluding carboxylic acids is 1. The predicted molar refractivity (Wildman–Crippen MR) is 103 cm³/mol. The first-order valence-corrected chi connectivity index (χ1v) is 10.5. The van der Waals surface area contributed by atoms with E-state index < -0.39 is 10.0 Å². The smallest absolute Gasteiger partial charge is 0.251 e. The van der Waals surface area contributed by atoms with Crippen molar-refractivity contribution in [1.82, 2.24) is 9.62 Å². The van der Waals surface area contributed by atoms with E-state index in [-0.39, 0.29) is 10.8 Å². The van der Waals surface area contributed by atoms with Gasteiger partial charge in [-0.05, 0) is 50.1 Å². The summed E-state index contributed by atoms with van der Waals surface area (Å²) in [6.07, 6.45) is 1.75. The summed E-state index contributed by atoms with van der Waals surface area (Å²) in [7, 11) is -3.53. The van der Waals surface area contributed by atoms with Crippen LogP contribution in [0.2, 0.25) is 0 Å². The Balaban J connectivity index is 1.56. The van der Waals surface area contributed by atoms with Crippen molar-refractivity contribution in [2.24, 2.45) is 0 Å². The largest absolute Gasteiger partial charge is 0.492 e. The Bertz CT molecular complexity index is 888. The van der Waals surface area contributed by atoms with Crippen molar-refractivity contribution >= 4 is 15.9 Å². The molecule has 1 aliphatic rings. The molecular weight excluding hydrogens is 364 g/mol. The molecule has 1 fully saturated rings. The number of rotatable bonds is 7. The maximum Gasteiger partial charge on any atom is 0.251 e. The average molecular weight is 388 g/mol. The fourth-order valence-corrected chi connectivity index (χ4v) is 4.51. The van der Waals surface area contributed by atoms with E-state index in [2.05, 4.69) is 5.32 Å². The molecule has 27 heavy (non-hydrogen) atoms. The van der Waals surface area contributed by atoms with Crippen LogP contribution in [0, 0.1) is 6.92 Å². The van der Waals surface area contributed by atoms with Gasteiger partial charge in [0, 0.05) is 18.7 Å². The van der Waals surface area contributed by atoms with E-state index in [4.69, 9.17) is 4.74 Å². The minimum Gasteiger partial charge on any atom is -0.492 e. The first-order valence-electron chi connectivity index (χ1n) is 9.05. The average Bonchev–Trinajstić information content (AvgIpc) is 3.22. The van der Waals surface area contributed by atoms with E-state index in [0.29, 0.717) is 31.8 Å². The molecule has 0 spiro atoms. The third-order valence-corrected chi connectivity index (χ3v) is 6.37. The lowest BCUT2D eigenvalue weighted by molar-refractivity contribution is 0.0947. The van der Waals surface area contributed by atoms with Crippen molar-refractivity contribution in [2.75, 3.05) is 26.2 Å². The molecule has 1 heterocycles. The minimum atomic E-state index is -3.53. The van der Waals surface area contributed by atoms with E-state index in [1.807, 2.05) is 31.2 Å². The molecule has 144 valence electrons. The van der Waals surface area contributed by atoms with Gasteiger partial charge in [-0.3, -0.25) is 4.79 Å². The van der Waals surface area contributed by atoms with Crippen molar-refractivity contribution in [3.8, 4) is 5.75 Å². The van der Waals surface area contributed by atoms with Crippen molar-refractivity contribution in [2.45, 2.75) is 24.7 Å². The van der Waals surface area contributed by atoms with Gasteiger partial charge in [-0.25, -0.2) is 8.42 Å². The topological polar surface area (TPSA) is 75.7 Å². The van der Waals surface area contributed by atoms with Gasteiger partial charge in [0.1, 0.15) is 12.4 Å². The highest BCUT2D eigenvalue weighted by Crippen LogP contribution is 2.21. The second kappa shape index (κ2) is 8.54. The lowest BCUT2D eigenvalue weighted by Crippen LogP contribution is -2.30. The van der Waals surface area contributed by atoms with Gasteiger partial charge in [-0.1, -0.05) is 23.8 Å². The van der Waals surface area contributed by atoms with Crippen LogP contribution in [0.15, 0.2) is 53.4 Å². The molecule has 3 rings (SSSR count). The lowest BCUT2D eigenvalue weighted by atomic mass is 10.2. The van der Waals surface area contributed by atoms with Crippen LogP contribution < -0.4 is 10.1 Å². The normalized spacial score (nSPS) is 14.9. The Hall–Kier alpha value is -2.38. The Labute approximate surface area is 160 Å². The van der Waals surface area contributed by atoms with Gasteiger partial charge < -0.3 is 10.1 Å². The molecule has 0 atom stereocenters. The molecular formula is C20H24N2O4S. The van der Waals surface area contributed by atoms with Gasteiger partial charge in [0.2, 0.25) is 10.0 Å². The van der Waals surface area contributed by atoms with Crippen molar-refractivity contribution in [3.63, 3.8) is 0 Å². The van der Waals surface area contributed by atoms with Gasteiger partial charge >= 0.3 is 0 Å². The standard InChI is InChI=1S/C20H24N2O4S/c1-16-7-9-18(10-8-16)26-14-11-21-20(23)17-5-4-6-19(15-17)27(24,25)22-12-2-3-13-22/h4-10,15H,2-3,11-14H2,1H3,(H,21,23). The highest BCUT2D eigenvalue weighted by atomic mass is 32.2. The number of hydrogen-bond acceptors (Lipinski definition) is 4. The SMILES string of the molecule is Cc1ccc(OCCNC(=O)c2cccc(S(=O)(=O)N3CCCC3)c2)cc1. The molecule has 0 bridgehead atoms. The summed E-state index contributed by atoms with van der Waals surface area (Å²) in [6, 6.07) is 13.8. The number of carbonyl (C=O) groups is 1. The zero-order valence-electron chi connectivity index (χ0n) is 15.3. The first-order chi connectivity index (χ1) is 13.0. The Morgan fingerprint density at radius 1 is 1.11 bits per heavy atom. The Kier molecular flexibility index (Phi) is 6.13. The summed E-state index contributed by atoms with van der Waals surface area (Å²) < 4.78 is 32.3. The van der Waals surface area contributed by atoms with Crippen LogP contribution >= 0.6 is 0 Å². The second-order valence-corrected chi connectivity index (χ2v) is 8.49. The number of sulfonamides is 1. The number of hydrogen-bond donors (Lipinski definition) is 1. The molecule has 1 amide bonds. The second-order valence-electron chi connectivity index (χ2n) is 6.56. The van der Waals surface area contributed by atoms with Crippen LogP contribution in [0.1, 0.15) is 28.8 Å². The van der Waals surface area contributed by atoms with Crippen LogP contribution in [0.3, 0.4) is 0 Å². The van der Waals surface area contributed by atoms with E-state index in [0.717, 1.165) is 24.2 Å². The third kappa shape index (κ3) is 4.87. The van der Waals surface area contributed by atoms with E-state index >= 15 is 0 Å². The molecule has 1 aliphatic heterocycles. The summed E-state index contributed by atoms with van der Waals surface area (Å²) in [5.74, 6) is 0.425. The van der Waals surface area contributed by atoms with Crippen LogP contribution in [-0.2, 0) is 10.0 Å². The molecule has 0 unspecified atom stereocenters. The molecule has 0 aromatic heterocycles. The van der Waals surface area contributed by atoms with E-state index in [9.17, 15) is 13.2 Å². The number of aryl methyl sites for hydroxylation is 1. The molecule has 2 aromatic carbocycles. The van der Waals surface area contributed by atoms with Gasteiger partial charge in [0.05, 0.1) is 11.4 Å². The predicted octanol–water partition coefficient (Wildman–Crippen LogP) is 2.59. The van der Waals surface area contributed by atoms with Crippen LogP contribution in [0.5, 0.6) is 5.75 Å².